The molecule has 1 heterocycles. The summed E-state index contributed by atoms with van der Waals surface area (Å²) < 4.78 is 0. The van der Waals surface area contributed by atoms with Gasteiger partial charge in [-0.2, -0.15) is 0 Å². The van der Waals surface area contributed by atoms with E-state index in [1.165, 1.54) is 5.69 Å². The molecular weight excluding hydrogens is 256 g/mol. The third kappa shape index (κ3) is 3.24. The van der Waals surface area contributed by atoms with Crippen molar-refractivity contribution in [3.63, 3.8) is 0 Å². The summed E-state index contributed by atoms with van der Waals surface area (Å²) in [4.78, 5) is 2.52. The molecule has 19 heavy (non-hydrogen) atoms. The third-order valence-corrected chi connectivity index (χ3v) is 4.62. The van der Waals surface area contributed by atoms with Gasteiger partial charge in [-0.15, -0.1) is 0 Å². The Labute approximate surface area is 122 Å². The number of benzene rings is 1. The predicted molar refractivity (Wildman–Crippen MR) is 84.2 cm³/mol. The normalized spacial score (nSPS) is 24.0. The standard InChI is InChI=1S/C16H25ClN2/c1-5-13-9-18-16(11(2)3)10-19(13)14-7-6-12(4)15(17)8-14/h6-8,11,13,16,18H,5,9-10H2,1-4H3. The lowest BCUT2D eigenvalue weighted by Gasteiger charge is -2.43. The van der Waals surface area contributed by atoms with Crippen molar-refractivity contribution in [3.8, 4) is 0 Å². The summed E-state index contributed by atoms with van der Waals surface area (Å²) in [7, 11) is 0. The molecular formula is C16H25ClN2. The van der Waals surface area contributed by atoms with Gasteiger partial charge in [0, 0.05) is 35.9 Å². The Balaban J connectivity index is 2.24. The van der Waals surface area contributed by atoms with Crippen molar-refractivity contribution >= 4 is 17.3 Å². The molecule has 0 saturated carbocycles. The highest BCUT2D eigenvalue weighted by Crippen LogP contribution is 2.27. The van der Waals surface area contributed by atoms with Crippen LogP contribution in [0.4, 0.5) is 5.69 Å². The molecule has 0 aromatic heterocycles. The van der Waals surface area contributed by atoms with Crippen LogP contribution in [0.2, 0.25) is 5.02 Å². The second-order valence-corrected chi connectivity index (χ2v) is 6.31. The van der Waals surface area contributed by atoms with Crippen LogP contribution >= 0.6 is 11.6 Å². The summed E-state index contributed by atoms with van der Waals surface area (Å²) in [5.74, 6) is 0.654. The Morgan fingerprint density at radius 1 is 1.42 bits per heavy atom. The monoisotopic (exact) mass is 280 g/mol. The number of nitrogens with zero attached hydrogens (tertiary/aromatic N) is 1. The van der Waals surface area contributed by atoms with E-state index in [2.05, 4.69) is 56.1 Å². The van der Waals surface area contributed by atoms with Gasteiger partial charge in [0.2, 0.25) is 0 Å². The second kappa shape index (κ2) is 6.15. The average molecular weight is 281 g/mol. The van der Waals surface area contributed by atoms with E-state index in [1.807, 2.05) is 0 Å². The summed E-state index contributed by atoms with van der Waals surface area (Å²) in [5.41, 5.74) is 2.41. The minimum Gasteiger partial charge on any atom is -0.366 e. The highest BCUT2D eigenvalue weighted by molar-refractivity contribution is 6.31. The lowest BCUT2D eigenvalue weighted by Crippen LogP contribution is -2.58. The van der Waals surface area contributed by atoms with Gasteiger partial charge in [-0.3, -0.25) is 0 Å². The van der Waals surface area contributed by atoms with Crippen LogP contribution in [-0.2, 0) is 0 Å². The minimum absolute atomic E-state index is 0.558. The first-order chi connectivity index (χ1) is 9.02. The van der Waals surface area contributed by atoms with Crippen molar-refractivity contribution in [2.75, 3.05) is 18.0 Å². The highest BCUT2D eigenvalue weighted by Gasteiger charge is 2.28. The molecule has 1 fully saturated rings. The van der Waals surface area contributed by atoms with Crippen molar-refractivity contribution in [3.05, 3.63) is 28.8 Å². The summed E-state index contributed by atoms with van der Waals surface area (Å²) in [6, 6.07) is 7.56. The molecule has 2 unspecified atom stereocenters. The zero-order valence-electron chi connectivity index (χ0n) is 12.4. The first kappa shape index (κ1) is 14.7. The number of nitrogens with one attached hydrogen (secondary N) is 1. The van der Waals surface area contributed by atoms with Crippen LogP contribution in [0.25, 0.3) is 0 Å². The third-order valence-electron chi connectivity index (χ3n) is 4.21. The fourth-order valence-electron chi connectivity index (χ4n) is 2.71. The largest absolute Gasteiger partial charge is 0.366 e. The molecule has 0 radical (unpaired) electrons. The fourth-order valence-corrected chi connectivity index (χ4v) is 2.89. The van der Waals surface area contributed by atoms with Crippen molar-refractivity contribution < 1.29 is 0 Å². The fraction of sp³-hybridized carbons (Fsp3) is 0.625. The van der Waals surface area contributed by atoms with Gasteiger partial charge in [0.1, 0.15) is 0 Å². The molecule has 0 bridgehead atoms. The Hall–Kier alpha value is -0.730. The van der Waals surface area contributed by atoms with Gasteiger partial charge >= 0.3 is 0 Å². The Kier molecular flexibility index (Phi) is 4.75. The van der Waals surface area contributed by atoms with Crippen LogP contribution in [0, 0.1) is 12.8 Å². The highest BCUT2D eigenvalue weighted by atomic mass is 35.5. The van der Waals surface area contributed by atoms with E-state index in [9.17, 15) is 0 Å². The lowest BCUT2D eigenvalue weighted by atomic mass is 9.97. The van der Waals surface area contributed by atoms with Gasteiger partial charge in [0.15, 0.2) is 0 Å². The number of hydrogen-bond acceptors (Lipinski definition) is 2. The first-order valence-electron chi connectivity index (χ1n) is 7.29. The predicted octanol–water partition coefficient (Wildman–Crippen LogP) is 3.86. The van der Waals surface area contributed by atoms with E-state index in [1.54, 1.807) is 0 Å². The molecule has 1 N–H and O–H groups in total. The Bertz CT molecular complexity index is 431. The van der Waals surface area contributed by atoms with Gasteiger partial charge in [-0.05, 0) is 37.0 Å². The van der Waals surface area contributed by atoms with Crippen molar-refractivity contribution in [1.82, 2.24) is 5.32 Å². The number of piperazine rings is 1. The first-order valence-corrected chi connectivity index (χ1v) is 7.67. The van der Waals surface area contributed by atoms with E-state index < -0.39 is 0 Å². The van der Waals surface area contributed by atoms with E-state index >= 15 is 0 Å². The van der Waals surface area contributed by atoms with Gasteiger partial charge < -0.3 is 10.2 Å². The van der Waals surface area contributed by atoms with Gasteiger partial charge in [-0.25, -0.2) is 0 Å². The van der Waals surface area contributed by atoms with Crippen LogP contribution in [0.15, 0.2) is 18.2 Å². The number of anilines is 1. The van der Waals surface area contributed by atoms with Gasteiger partial charge in [-0.1, -0.05) is 38.4 Å². The van der Waals surface area contributed by atoms with E-state index in [0.717, 1.165) is 30.1 Å². The summed E-state index contributed by atoms with van der Waals surface area (Å²) in [6.45, 7) is 11.0. The molecule has 1 aliphatic rings. The average Bonchev–Trinajstić information content (AvgIpc) is 2.41. The zero-order valence-corrected chi connectivity index (χ0v) is 13.2. The summed E-state index contributed by atoms with van der Waals surface area (Å²) in [6.07, 6.45) is 1.16. The minimum atomic E-state index is 0.558. The molecule has 0 aliphatic carbocycles. The molecule has 1 aromatic rings. The van der Waals surface area contributed by atoms with E-state index in [-0.39, 0.29) is 0 Å². The maximum Gasteiger partial charge on any atom is 0.0455 e. The summed E-state index contributed by atoms with van der Waals surface area (Å²) >= 11 is 6.28. The zero-order chi connectivity index (χ0) is 14.0. The molecule has 3 heteroatoms. The molecule has 1 aromatic carbocycles. The van der Waals surface area contributed by atoms with Crippen LogP contribution in [0.5, 0.6) is 0 Å². The van der Waals surface area contributed by atoms with E-state index in [0.29, 0.717) is 18.0 Å². The number of hydrogen-bond donors (Lipinski definition) is 1. The molecule has 0 amide bonds. The van der Waals surface area contributed by atoms with Crippen molar-refractivity contribution in [2.24, 2.45) is 5.92 Å². The number of rotatable bonds is 3. The van der Waals surface area contributed by atoms with Gasteiger partial charge in [0.25, 0.3) is 0 Å². The second-order valence-electron chi connectivity index (χ2n) is 5.91. The molecule has 1 saturated heterocycles. The van der Waals surface area contributed by atoms with Crippen LogP contribution in [0.3, 0.4) is 0 Å². The molecule has 0 spiro atoms. The van der Waals surface area contributed by atoms with Gasteiger partial charge in [0.05, 0.1) is 0 Å². The van der Waals surface area contributed by atoms with Crippen LogP contribution in [0.1, 0.15) is 32.8 Å². The molecule has 1 aliphatic heterocycles. The van der Waals surface area contributed by atoms with Crippen molar-refractivity contribution in [2.45, 2.75) is 46.2 Å². The Morgan fingerprint density at radius 3 is 2.74 bits per heavy atom. The van der Waals surface area contributed by atoms with Crippen LogP contribution < -0.4 is 10.2 Å². The Morgan fingerprint density at radius 2 is 2.16 bits per heavy atom. The number of halogens is 1. The number of aryl methyl sites for hydroxylation is 1. The molecule has 106 valence electrons. The SMILES string of the molecule is CCC1CNC(C(C)C)CN1c1ccc(C)c(Cl)c1. The van der Waals surface area contributed by atoms with E-state index in [4.69, 9.17) is 11.6 Å². The van der Waals surface area contributed by atoms with Crippen LogP contribution in [-0.4, -0.2) is 25.2 Å². The molecule has 2 atom stereocenters. The lowest BCUT2D eigenvalue weighted by molar-refractivity contribution is 0.325. The topological polar surface area (TPSA) is 15.3 Å². The quantitative estimate of drug-likeness (QED) is 0.904. The maximum atomic E-state index is 6.28. The summed E-state index contributed by atoms with van der Waals surface area (Å²) in [5, 5.41) is 4.54. The molecule has 2 nitrogen and oxygen atoms in total. The smallest absolute Gasteiger partial charge is 0.0455 e. The van der Waals surface area contributed by atoms with Crippen molar-refractivity contribution in [1.29, 1.82) is 0 Å². The maximum absolute atomic E-state index is 6.28. The molecule has 2 rings (SSSR count).